The zero-order valence-corrected chi connectivity index (χ0v) is 21.8. The van der Waals surface area contributed by atoms with E-state index in [1.54, 1.807) is 18.2 Å². The van der Waals surface area contributed by atoms with E-state index in [2.05, 4.69) is 4.72 Å². The second-order valence-corrected chi connectivity index (χ2v) is 10.9. The minimum absolute atomic E-state index is 0.0149. The normalized spacial score (nSPS) is 15.9. The highest BCUT2D eigenvalue weighted by molar-refractivity contribution is 7.89. The highest BCUT2D eigenvalue weighted by Crippen LogP contribution is 2.33. The molecule has 1 unspecified atom stereocenters. The van der Waals surface area contributed by atoms with Gasteiger partial charge in [-0.15, -0.1) is 0 Å². The molecule has 2 aromatic carbocycles. The maximum absolute atomic E-state index is 12.7. The van der Waals surface area contributed by atoms with Gasteiger partial charge in [-0.2, -0.15) is 0 Å². The number of fused-ring (bicyclic) bond motifs is 1. The van der Waals surface area contributed by atoms with Gasteiger partial charge in [0.1, 0.15) is 5.84 Å². The number of aliphatic carboxylic acids is 1. The number of amidine groups is 1. The van der Waals surface area contributed by atoms with Crippen LogP contribution in [0.4, 0.5) is 0 Å². The lowest BCUT2D eigenvalue weighted by Crippen LogP contribution is -2.56. The fourth-order valence-corrected chi connectivity index (χ4v) is 5.40. The molecule has 39 heavy (non-hydrogen) atoms. The van der Waals surface area contributed by atoms with Crippen LogP contribution >= 0.6 is 0 Å². The molecule has 0 bridgehead atoms. The van der Waals surface area contributed by atoms with Crippen LogP contribution < -0.4 is 19.9 Å². The molecular weight excluding hydrogens is 530 g/mol. The van der Waals surface area contributed by atoms with Crippen LogP contribution in [-0.2, 0) is 30.8 Å². The molecule has 1 saturated heterocycles. The van der Waals surface area contributed by atoms with E-state index in [9.17, 15) is 27.9 Å². The molecule has 2 aliphatic rings. The number of ether oxygens (including phenoxy) is 2. The molecule has 0 radical (unpaired) electrons. The molecule has 0 spiro atoms. The van der Waals surface area contributed by atoms with Crippen molar-refractivity contribution < 1.29 is 37.4 Å². The van der Waals surface area contributed by atoms with E-state index >= 15 is 0 Å². The van der Waals surface area contributed by atoms with E-state index in [0.717, 1.165) is 0 Å². The van der Waals surface area contributed by atoms with Crippen LogP contribution in [0, 0.1) is 11.3 Å². The summed E-state index contributed by atoms with van der Waals surface area (Å²) in [7, 11) is -3.80. The zero-order chi connectivity index (χ0) is 28.2. The Morgan fingerprint density at radius 2 is 1.72 bits per heavy atom. The number of benzene rings is 2. The number of sulfonamides is 1. The molecule has 0 aromatic heterocycles. The number of nitrogens with two attached hydrogens (primary N) is 1. The van der Waals surface area contributed by atoms with Crippen molar-refractivity contribution in [3.05, 3.63) is 53.6 Å². The van der Waals surface area contributed by atoms with E-state index in [-0.39, 0.29) is 63.1 Å². The van der Waals surface area contributed by atoms with Gasteiger partial charge in [0.2, 0.25) is 16.8 Å². The topological polar surface area (TPSA) is 192 Å². The first-order valence-electron chi connectivity index (χ1n) is 12.2. The average Bonchev–Trinajstić information content (AvgIpc) is 3.37. The summed E-state index contributed by atoms with van der Waals surface area (Å²) in [5.74, 6) is -2.61. The van der Waals surface area contributed by atoms with Crippen molar-refractivity contribution in [1.82, 2.24) is 14.5 Å². The fourth-order valence-electron chi connectivity index (χ4n) is 4.32. The fraction of sp³-hybridized carbons (Fsp3) is 0.360. The summed E-state index contributed by atoms with van der Waals surface area (Å²) in [6.45, 7) is 0.553. The number of nitrogens with zero attached hydrogens (tertiary/aromatic N) is 2. The number of carboxylic acid groups (broad SMARTS) is 1. The molecule has 0 saturated carbocycles. The summed E-state index contributed by atoms with van der Waals surface area (Å²) in [5, 5.41) is 17.1. The number of carboxylic acids is 1. The highest BCUT2D eigenvalue weighted by Gasteiger charge is 2.35. The van der Waals surface area contributed by atoms with Crippen LogP contribution in [0.2, 0.25) is 0 Å². The Kier molecular flexibility index (Phi) is 8.35. The standard InChI is InChI=1S/C25H29N5O8S/c26-22(27)17-3-5-19(6-4-17)39(35,36)28-8-1-9-29-10-11-30(24(32)23(29)31)14-18(25(33)34)12-16-2-7-20-21(13-16)38-15-37-20/h2-7,13,18,28H,1,8-12,14-15H2,(H3,26,27)(H,33,34). The predicted octanol–water partition coefficient (Wildman–Crippen LogP) is -0.0179. The van der Waals surface area contributed by atoms with Gasteiger partial charge in [0.05, 0.1) is 10.8 Å². The first kappa shape index (κ1) is 27.9. The van der Waals surface area contributed by atoms with Crippen molar-refractivity contribution in [3.63, 3.8) is 0 Å². The first-order chi connectivity index (χ1) is 18.5. The predicted molar refractivity (Wildman–Crippen MR) is 138 cm³/mol. The van der Waals surface area contributed by atoms with E-state index in [0.29, 0.717) is 22.6 Å². The quantitative estimate of drug-likeness (QED) is 0.120. The van der Waals surface area contributed by atoms with Gasteiger partial charge < -0.3 is 30.1 Å². The number of amides is 2. The lowest BCUT2D eigenvalue weighted by molar-refractivity contribution is -0.157. The summed E-state index contributed by atoms with van der Waals surface area (Å²) >= 11 is 0. The van der Waals surface area contributed by atoms with E-state index < -0.39 is 33.7 Å². The number of hydrogen-bond donors (Lipinski definition) is 4. The Morgan fingerprint density at radius 3 is 2.41 bits per heavy atom. The van der Waals surface area contributed by atoms with E-state index in [1.807, 2.05) is 0 Å². The van der Waals surface area contributed by atoms with Crippen molar-refractivity contribution in [3.8, 4) is 11.5 Å². The van der Waals surface area contributed by atoms with Gasteiger partial charge in [-0.1, -0.05) is 6.07 Å². The third-order valence-corrected chi connectivity index (χ3v) is 7.96. The second-order valence-electron chi connectivity index (χ2n) is 9.16. The maximum atomic E-state index is 12.7. The number of carbonyl (C=O) groups is 3. The van der Waals surface area contributed by atoms with Gasteiger partial charge in [0.25, 0.3) is 0 Å². The van der Waals surface area contributed by atoms with Gasteiger partial charge in [-0.05, 0) is 54.8 Å². The molecule has 208 valence electrons. The SMILES string of the molecule is N=C(N)c1ccc(S(=O)(=O)NCCCN2CCN(CC(Cc3ccc4c(c3)OCO4)C(=O)O)C(=O)C2=O)cc1. The highest BCUT2D eigenvalue weighted by atomic mass is 32.2. The Balaban J connectivity index is 1.26. The molecule has 4 rings (SSSR count). The van der Waals surface area contributed by atoms with Crippen molar-refractivity contribution in [2.75, 3.05) is 39.5 Å². The van der Waals surface area contributed by atoms with Crippen molar-refractivity contribution in [1.29, 1.82) is 5.41 Å². The van der Waals surface area contributed by atoms with E-state index in [4.69, 9.17) is 20.6 Å². The summed E-state index contributed by atoms with van der Waals surface area (Å²) in [6, 6.07) is 10.7. The lowest BCUT2D eigenvalue weighted by atomic mass is 9.98. The van der Waals surface area contributed by atoms with Gasteiger partial charge in [-0.25, -0.2) is 13.1 Å². The second kappa shape index (κ2) is 11.7. The zero-order valence-electron chi connectivity index (χ0n) is 21.0. The minimum atomic E-state index is -3.80. The largest absolute Gasteiger partial charge is 0.481 e. The summed E-state index contributed by atoms with van der Waals surface area (Å²) in [4.78, 5) is 39.9. The molecule has 5 N–H and O–H groups in total. The molecule has 1 atom stereocenters. The molecule has 0 aliphatic carbocycles. The first-order valence-corrected chi connectivity index (χ1v) is 13.7. The van der Waals surface area contributed by atoms with Crippen LogP contribution in [0.5, 0.6) is 11.5 Å². The lowest BCUT2D eigenvalue weighted by Gasteiger charge is -2.35. The molecule has 2 aromatic rings. The average molecular weight is 560 g/mol. The Hall–Kier alpha value is -4.17. The number of piperazine rings is 1. The van der Waals surface area contributed by atoms with Crippen LogP contribution in [-0.4, -0.2) is 86.5 Å². The number of carbonyl (C=O) groups excluding carboxylic acids is 2. The molecule has 2 aliphatic heterocycles. The molecular formula is C25H29N5O8S. The van der Waals surface area contributed by atoms with Crippen molar-refractivity contribution >= 4 is 33.6 Å². The molecule has 2 amide bonds. The Bertz CT molecular complexity index is 1380. The third-order valence-electron chi connectivity index (χ3n) is 6.48. The molecule has 14 heteroatoms. The number of nitrogens with one attached hydrogen (secondary N) is 2. The van der Waals surface area contributed by atoms with Gasteiger partial charge >= 0.3 is 17.8 Å². The van der Waals surface area contributed by atoms with E-state index in [1.165, 1.54) is 34.1 Å². The van der Waals surface area contributed by atoms with Crippen LogP contribution in [0.3, 0.4) is 0 Å². The van der Waals surface area contributed by atoms with Crippen LogP contribution in [0.15, 0.2) is 47.4 Å². The Labute approximate surface area is 225 Å². The number of rotatable bonds is 12. The number of hydrogen-bond acceptors (Lipinski definition) is 8. The molecule has 2 heterocycles. The summed E-state index contributed by atoms with van der Waals surface area (Å²) in [5.41, 5.74) is 6.49. The molecule has 1 fully saturated rings. The summed E-state index contributed by atoms with van der Waals surface area (Å²) < 4.78 is 38.0. The van der Waals surface area contributed by atoms with Crippen molar-refractivity contribution in [2.24, 2.45) is 11.7 Å². The number of nitrogen functional groups attached to an aromatic ring is 1. The third kappa shape index (κ3) is 6.64. The minimum Gasteiger partial charge on any atom is -0.481 e. The maximum Gasteiger partial charge on any atom is 0.312 e. The van der Waals surface area contributed by atoms with Gasteiger partial charge in [0.15, 0.2) is 11.5 Å². The van der Waals surface area contributed by atoms with Gasteiger partial charge in [0, 0.05) is 38.3 Å². The summed E-state index contributed by atoms with van der Waals surface area (Å²) in [6.07, 6.45) is 0.414. The van der Waals surface area contributed by atoms with Crippen molar-refractivity contribution in [2.45, 2.75) is 17.7 Å². The van der Waals surface area contributed by atoms with Crippen LogP contribution in [0.1, 0.15) is 17.5 Å². The monoisotopic (exact) mass is 559 g/mol. The Morgan fingerprint density at radius 1 is 1.05 bits per heavy atom. The smallest absolute Gasteiger partial charge is 0.312 e. The molecule has 13 nitrogen and oxygen atoms in total. The van der Waals surface area contributed by atoms with Gasteiger partial charge in [-0.3, -0.25) is 19.8 Å². The van der Waals surface area contributed by atoms with Crippen LogP contribution in [0.25, 0.3) is 0 Å².